The second-order valence-electron chi connectivity index (χ2n) is 6.80. The minimum absolute atomic E-state index is 0.164. The third-order valence-corrected chi connectivity index (χ3v) is 5.32. The van der Waals surface area contributed by atoms with E-state index in [1.165, 1.54) is 23.9 Å². The molecule has 1 aliphatic heterocycles. The van der Waals surface area contributed by atoms with Gasteiger partial charge < -0.3 is 10.1 Å². The summed E-state index contributed by atoms with van der Waals surface area (Å²) < 4.78 is 18.7. The Morgan fingerprint density at radius 1 is 1.00 bits per heavy atom. The first-order valence-corrected chi connectivity index (χ1v) is 10.2. The maximum atomic E-state index is 13.0. The maximum Gasteiger partial charge on any atom is 0.264 e. The number of aliphatic imine (C=N–C) groups is 1. The van der Waals surface area contributed by atoms with Crippen molar-refractivity contribution in [2.45, 2.75) is 13.5 Å². The molecule has 150 valence electrons. The van der Waals surface area contributed by atoms with Crippen molar-refractivity contribution >= 4 is 34.6 Å². The number of carbonyl (C=O) groups excluding carboxylic acids is 1. The number of amidine groups is 1. The molecule has 0 spiro atoms. The van der Waals surface area contributed by atoms with E-state index in [0.29, 0.717) is 22.4 Å². The molecule has 0 unspecified atom stereocenters. The van der Waals surface area contributed by atoms with Crippen LogP contribution < -0.4 is 10.1 Å². The Labute approximate surface area is 178 Å². The molecule has 4 nitrogen and oxygen atoms in total. The number of hydrogen-bond acceptors (Lipinski definition) is 4. The summed E-state index contributed by atoms with van der Waals surface area (Å²) in [6, 6.07) is 21.5. The number of rotatable bonds is 5. The van der Waals surface area contributed by atoms with Crippen LogP contribution in [0.4, 0.5) is 10.1 Å². The molecule has 0 saturated carbocycles. The highest BCUT2D eigenvalue weighted by molar-refractivity contribution is 8.18. The lowest BCUT2D eigenvalue weighted by atomic mass is 10.2. The number of nitrogens with zero attached hydrogens (tertiary/aromatic N) is 1. The highest BCUT2D eigenvalue weighted by atomic mass is 32.2. The van der Waals surface area contributed by atoms with Crippen molar-refractivity contribution in [1.29, 1.82) is 0 Å². The summed E-state index contributed by atoms with van der Waals surface area (Å²) in [6.45, 7) is 2.38. The number of carbonyl (C=O) groups is 1. The predicted octanol–water partition coefficient (Wildman–Crippen LogP) is 5.60. The standard InChI is InChI=1S/C24H19FN2O2S/c1-16-2-10-20(11-3-16)26-24-27-23(28)22(30-24)14-17-6-12-21(13-7-17)29-15-18-4-8-19(25)9-5-18/h2-14H,15H2,1H3,(H,26,27,28)/b22-14-. The normalized spacial score (nSPS) is 16.1. The summed E-state index contributed by atoms with van der Waals surface area (Å²) in [6.07, 6.45) is 1.82. The van der Waals surface area contributed by atoms with Gasteiger partial charge in [0.05, 0.1) is 10.6 Å². The molecule has 1 saturated heterocycles. The summed E-state index contributed by atoms with van der Waals surface area (Å²) in [5, 5.41) is 3.36. The lowest BCUT2D eigenvalue weighted by molar-refractivity contribution is -0.115. The number of halogens is 1. The van der Waals surface area contributed by atoms with Crippen molar-refractivity contribution in [2.75, 3.05) is 0 Å². The average Bonchev–Trinajstić information content (AvgIpc) is 3.09. The Hall–Kier alpha value is -3.38. The molecule has 0 radical (unpaired) electrons. The Morgan fingerprint density at radius 3 is 2.40 bits per heavy atom. The van der Waals surface area contributed by atoms with Crippen LogP contribution in [-0.2, 0) is 11.4 Å². The quantitative estimate of drug-likeness (QED) is 0.549. The van der Waals surface area contributed by atoms with Crippen molar-refractivity contribution in [3.05, 3.63) is 100 Å². The van der Waals surface area contributed by atoms with E-state index in [1.54, 1.807) is 12.1 Å². The van der Waals surface area contributed by atoms with Gasteiger partial charge in [-0.15, -0.1) is 0 Å². The lowest BCUT2D eigenvalue weighted by Crippen LogP contribution is -2.19. The van der Waals surface area contributed by atoms with Gasteiger partial charge in [0, 0.05) is 0 Å². The molecule has 3 aromatic carbocycles. The van der Waals surface area contributed by atoms with Crippen molar-refractivity contribution in [3.8, 4) is 5.75 Å². The topological polar surface area (TPSA) is 50.7 Å². The highest BCUT2D eigenvalue weighted by Crippen LogP contribution is 2.28. The van der Waals surface area contributed by atoms with Gasteiger partial charge in [-0.25, -0.2) is 9.38 Å². The first-order valence-electron chi connectivity index (χ1n) is 9.39. The second kappa shape index (κ2) is 8.97. The van der Waals surface area contributed by atoms with E-state index in [1.807, 2.05) is 61.5 Å². The third kappa shape index (κ3) is 5.15. The van der Waals surface area contributed by atoms with E-state index in [0.717, 1.165) is 22.4 Å². The summed E-state index contributed by atoms with van der Waals surface area (Å²) in [5.74, 6) is 0.270. The molecular formula is C24H19FN2O2S. The van der Waals surface area contributed by atoms with E-state index in [9.17, 15) is 9.18 Å². The zero-order valence-corrected chi connectivity index (χ0v) is 17.1. The SMILES string of the molecule is Cc1ccc(N=C2NC(=O)/C(=C/c3ccc(OCc4ccc(F)cc4)cc3)S2)cc1. The van der Waals surface area contributed by atoms with E-state index in [4.69, 9.17) is 4.74 Å². The van der Waals surface area contributed by atoms with Crippen LogP contribution in [0.1, 0.15) is 16.7 Å². The van der Waals surface area contributed by atoms with Crippen molar-refractivity contribution in [1.82, 2.24) is 5.32 Å². The van der Waals surface area contributed by atoms with E-state index in [-0.39, 0.29) is 11.7 Å². The molecule has 1 fully saturated rings. The molecule has 0 atom stereocenters. The van der Waals surface area contributed by atoms with Crippen LogP contribution >= 0.6 is 11.8 Å². The number of benzene rings is 3. The summed E-state index contributed by atoms with van der Waals surface area (Å²) in [7, 11) is 0. The van der Waals surface area contributed by atoms with Crippen molar-refractivity contribution in [3.63, 3.8) is 0 Å². The van der Waals surface area contributed by atoms with E-state index >= 15 is 0 Å². The first-order chi connectivity index (χ1) is 14.5. The summed E-state index contributed by atoms with van der Waals surface area (Å²) in [4.78, 5) is 17.3. The number of thioether (sulfide) groups is 1. The maximum absolute atomic E-state index is 13.0. The Morgan fingerprint density at radius 2 is 1.70 bits per heavy atom. The van der Waals surface area contributed by atoms with Crippen molar-refractivity contribution < 1.29 is 13.9 Å². The fourth-order valence-corrected chi connectivity index (χ4v) is 3.62. The molecule has 0 aliphatic carbocycles. The minimum atomic E-state index is -0.267. The number of hydrogen-bond donors (Lipinski definition) is 1. The monoisotopic (exact) mass is 418 g/mol. The molecule has 6 heteroatoms. The Balaban J connectivity index is 1.39. The van der Waals surface area contributed by atoms with Crippen LogP contribution in [0.3, 0.4) is 0 Å². The van der Waals surface area contributed by atoms with Gasteiger partial charge in [0.1, 0.15) is 18.2 Å². The Bertz CT molecular complexity index is 1110. The fraction of sp³-hybridized carbons (Fsp3) is 0.0833. The first kappa shape index (κ1) is 19.9. The van der Waals surface area contributed by atoms with Crippen LogP contribution in [0.25, 0.3) is 6.08 Å². The van der Waals surface area contributed by atoms with Crippen LogP contribution in [0.2, 0.25) is 0 Å². The van der Waals surface area contributed by atoms with Gasteiger partial charge in [-0.1, -0.05) is 42.0 Å². The van der Waals surface area contributed by atoms with Crippen LogP contribution in [-0.4, -0.2) is 11.1 Å². The fourth-order valence-electron chi connectivity index (χ4n) is 2.78. The zero-order valence-electron chi connectivity index (χ0n) is 16.3. The van der Waals surface area contributed by atoms with Crippen LogP contribution in [0.5, 0.6) is 5.75 Å². The van der Waals surface area contributed by atoms with E-state index < -0.39 is 0 Å². The molecule has 1 amide bonds. The van der Waals surface area contributed by atoms with Gasteiger partial charge in [-0.3, -0.25) is 4.79 Å². The number of amides is 1. The second-order valence-corrected chi connectivity index (χ2v) is 7.83. The summed E-state index contributed by atoms with van der Waals surface area (Å²) in [5.41, 5.74) is 3.74. The average molecular weight is 418 g/mol. The number of aryl methyl sites for hydroxylation is 1. The van der Waals surface area contributed by atoms with Gasteiger partial charge in [0.15, 0.2) is 5.17 Å². The van der Waals surface area contributed by atoms with Gasteiger partial charge in [0.25, 0.3) is 5.91 Å². The minimum Gasteiger partial charge on any atom is -0.489 e. The number of ether oxygens (including phenoxy) is 1. The van der Waals surface area contributed by atoms with Crippen LogP contribution in [0.15, 0.2) is 82.7 Å². The lowest BCUT2D eigenvalue weighted by Gasteiger charge is -2.06. The molecular weight excluding hydrogens is 399 g/mol. The molecule has 0 aromatic heterocycles. The third-order valence-electron chi connectivity index (χ3n) is 4.41. The summed E-state index contributed by atoms with van der Waals surface area (Å²) >= 11 is 1.31. The molecule has 30 heavy (non-hydrogen) atoms. The predicted molar refractivity (Wildman–Crippen MR) is 119 cm³/mol. The van der Waals surface area contributed by atoms with Gasteiger partial charge in [0.2, 0.25) is 0 Å². The van der Waals surface area contributed by atoms with Crippen molar-refractivity contribution in [2.24, 2.45) is 4.99 Å². The largest absolute Gasteiger partial charge is 0.489 e. The van der Waals surface area contributed by atoms with Crippen LogP contribution in [0, 0.1) is 12.7 Å². The molecule has 1 aliphatic rings. The molecule has 0 bridgehead atoms. The number of nitrogens with one attached hydrogen (secondary N) is 1. The van der Waals surface area contributed by atoms with E-state index in [2.05, 4.69) is 10.3 Å². The van der Waals surface area contributed by atoms with Gasteiger partial charge in [-0.05, 0) is 72.3 Å². The smallest absolute Gasteiger partial charge is 0.264 e. The van der Waals surface area contributed by atoms with Gasteiger partial charge >= 0.3 is 0 Å². The molecule has 4 rings (SSSR count). The zero-order chi connectivity index (χ0) is 20.9. The molecule has 1 heterocycles. The molecule has 3 aromatic rings. The highest BCUT2D eigenvalue weighted by Gasteiger charge is 2.23. The Kier molecular flexibility index (Phi) is 5.95. The van der Waals surface area contributed by atoms with Gasteiger partial charge in [-0.2, -0.15) is 0 Å². The molecule has 1 N–H and O–H groups in total.